The average Bonchev–Trinajstić information content (AvgIpc) is 2.63. The maximum Gasteiger partial charge on any atom is 0.138 e. The summed E-state index contributed by atoms with van der Waals surface area (Å²) >= 11 is 0. The average molecular weight is 195 g/mol. The number of piperazine rings is 1. The molecule has 2 rings (SSSR count). The highest BCUT2D eigenvalue weighted by atomic mass is 16.5. The van der Waals surface area contributed by atoms with Gasteiger partial charge in [0.1, 0.15) is 5.76 Å². The molecule has 0 saturated carbocycles. The molecule has 2 heterocycles. The second-order valence-corrected chi connectivity index (χ2v) is 3.78. The van der Waals surface area contributed by atoms with Crippen molar-refractivity contribution in [3.63, 3.8) is 0 Å². The molecule has 4 nitrogen and oxygen atoms in total. The quantitative estimate of drug-likeness (QED) is 0.759. The molecule has 0 bridgehead atoms. The van der Waals surface area contributed by atoms with Crippen LogP contribution >= 0.6 is 0 Å². The van der Waals surface area contributed by atoms with Gasteiger partial charge in [0, 0.05) is 45.2 Å². The maximum absolute atomic E-state index is 5.16. The van der Waals surface area contributed by atoms with Crippen molar-refractivity contribution in [3.8, 4) is 0 Å². The lowest BCUT2D eigenvalue weighted by molar-refractivity contribution is 0.235. The van der Waals surface area contributed by atoms with Gasteiger partial charge in [0.15, 0.2) is 0 Å². The summed E-state index contributed by atoms with van der Waals surface area (Å²) in [5.74, 6) is 1.00. The molecule has 0 unspecified atom stereocenters. The minimum Gasteiger partial charge on any atom is -0.361 e. The van der Waals surface area contributed by atoms with E-state index in [0.717, 1.165) is 50.6 Å². The van der Waals surface area contributed by atoms with E-state index in [1.165, 1.54) is 0 Å². The van der Waals surface area contributed by atoms with Gasteiger partial charge in [0.2, 0.25) is 0 Å². The molecule has 1 aromatic rings. The van der Waals surface area contributed by atoms with Gasteiger partial charge in [-0.15, -0.1) is 0 Å². The third-order valence-corrected chi connectivity index (χ3v) is 2.56. The molecular weight excluding hydrogens is 178 g/mol. The van der Waals surface area contributed by atoms with Crippen LogP contribution in [0, 0.1) is 6.92 Å². The van der Waals surface area contributed by atoms with E-state index in [1.54, 1.807) is 0 Å². The fourth-order valence-electron chi connectivity index (χ4n) is 1.74. The lowest BCUT2D eigenvalue weighted by Crippen LogP contribution is -2.44. The van der Waals surface area contributed by atoms with Crippen LogP contribution in [0.3, 0.4) is 0 Å². The molecule has 1 saturated heterocycles. The highest BCUT2D eigenvalue weighted by Gasteiger charge is 2.10. The van der Waals surface area contributed by atoms with E-state index in [1.807, 2.05) is 13.0 Å². The maximum atomic E-state index is 5.16. The third-order valence-electron chi connectivity index (χ3n) is 2.56. The molecule has 78 valence electrons. The number of nitrogens with one attached hydrogen (secondary N) is 1. The Hall–Kier alpha value is -0.870. The predicted octanol–water partition coefficient (Wildman–Crippen LogP) is 0.431. The number of hydrogen-bond donors (Lipinski definition) is 1. The first-order valence-electron chi connectivity index (χ1n) is 5.20. The number of rotatable bonds is 3. The van der Waals surface area contributed by atoms with E-state index < -0.39 is 0 Å². The molecule has 0 atom stereocenters. The minimum atomic E-state index is 0.973. The van der Waals surface area contributed by atoms with Gasteiger partial charge < -0.3 is 14.7 Å². The van der Waals surface area contributed by atoms with Crippen molar-refractivity contribution in [1.82, 2.24) is 15.4 Å². The van der Waals surface area contributed by atoms with Crippen LogP contribution in [-0.2, 0) is 6.42 Å². The fourth-order valence-corrected chi connectivity index (χ4v) is 1.74. The molecule has 1 aliphatic heterocycles. The van der Waals surface area contributed by atoms with E-state index in [0.29, 0.717) is 0 Å². The summed E-state index contributed by atoms with van der Waals surface area (Å²) in [6.45, 7) is 7.54. The SMILES string of the molecule is Cc1cc(CCN2CCNCC2)on1. The Balaban J connectivity index is 1.76. The van der Waals surface area contributed by atoms with Gasteiger partial charge in [-0.3, -0.25) is 0 Å². The standard InChI is InChI=1S/C10H17N3O/c1-9-8-10(14-12-9)2-5-13-6-3-11-4-7-13/h8,11H,2-7H2,1H3. The van der Waals surface area contributed by atoms with E-state index in [2.05, 4.69) is 15.4 Å². The molecule has 1 N–H and O–H groups in total. The Morgan fingerprint density at radius 1 is 1.50 bits per heavy atom. The number of nitrogens with zero attached hydrogens (tertiary/aromatic N) is 2. The van der Waals surface area contributed by atoms with Gasteiger partial charge in [-0.05, 0) is 6.92 Å². The van der Waals surface area contributed by atoms with Crippen LogP contribution in [0.1, 0.15) is 11.5 Å². The van der Waals surface area contributed by atoms with Crippen LogP contribution in [0.5, 0.6) is 0 Å². The molecule has 1 fully saturated rings. The van der Waals surface area contributed by atoms with Gasteiger partial charge >= 0.3 is 0 Å². The Kier molecular flexibility index (Phi) is 3.16. The Morgan fingerprint density at radius 2 is 2.29 bits per heavy atom. The first-order chi connectivity index (χ1) is 6.84. The van der Waals surface area contributed by atoms with Crippen LogP contribution in [0.2, 0.25) is 0 Å². The van der Waals surface area contributed by atoms with Gasteiger partial charge in [0.25, 0.3) is 0 Å². The van der Waals surface area contributed by atoms with Gasteiger partial charge in [0.05, 0.1) is 5.69 Å². The summed E-state index contributed by atoms with van der Waals surface area (Å²) in [5, 5.41) is 7.21. The van der Waals surface area contributed by atoms with E-state index in [4.69, 9.17) is 4.52 Å². The molecule has 0 radical (unpaired) electrons. The fraction of sp³-hybridized carbons (Fsp3) is 0.700. The first-order valence-corrected chi connectivity index (χ1v) is 5.20. The molecule has 4 heteroatoms. The molecule has 1 aromatic heterocycles. The van der Waals surface area contributed by atoms with Gasteiger partial charge in [-0.1, -0.05) is 5.16 Å². The van der Waals surface area contributed by atoms with Crippen molar-refractivity contribution >= 4 is 0 Å². The second kappa shape index (κ2) is 4.57. The summed E-state index contributed by atoms with van der Waals surface area (Å²) in [5.41, 5.74) is 0.973. The van der Waals surface area contributed by atoms with E-state index in [9.17, 15) is 0 Å². The minimum absolute atomic E-state index is 0.973. The van der Waals surface area contributed by atoms with Gasteiger partial charge in [-0.25, -0.2) is 0 Å². The number of hydrogen-bond acceptors (Lipinski definition) is 4. The summed E-state index contributed by atoms with van der Waals surface area (Å²) < 4.78 is 5.16. The lowest BCUT2D eigenvalue weighted by Gasteiger charge is -2.26. The highest BCUT2D eigenvalue weighted by molar-refractivity contribution is 5.03. The molecule has 0 aliphatic carbocycles. The van der Waals surface area contributed by atoms with Crippen molar-refractivity contribution in [2.24, 2.45) is 0 Å². The zero-order chi connectivity index (χ0) is 9.80. The van der Waals surface area contributed by atoms with E-state index in [-0.39, 0.29) is 0 Å². The predicted molar refractivity (Wildman–Crippen MR) is 54.3 cm³/mol. The van der Waals surface area contributed by atoms with Crippen molar-refractivity contribution in [2.45, 2.75) is 13.3 Å². The Labute approximate surface area is 84.3 Å². The van der Waals surface area contributed by atoms with Crippen molar-refractivity contribution in [3.05, 3.63) is 17.5 Å². The topological polar surface area (TPSA) is 41.3 Å². The lowest BCUT2D eigenvalue weighted by atomic mass is 10.2. The van der Waals surface area contributed by atoms with Crippen molar-refractivity contribution in [1.29, 1.82) is 0 Å². The zero-order valence-corrected chi connectivity index (χ0v) is 8.62. The summed E-state index contributed by atoms with van der Waals surface area (Å²) in [4.78, 5) is 2.45. The number of aromatic nitrogens is 1. The van der Waals surface area contributed by atoms with Gasteiger partial charge in [-0.2, -0.15) is 0 Å². The van der Waals surface area contributed by atoms with Crippen LogP contribution in [0.15, 0.2) is 10.6 Å². The van der Waals surface area contributed by atoms with Crippen LogP contribution in [-0.4, -0.2) is 42.8 Å². The molecular formula is C10H17N3O. The summed E-state index contributed by atoms with van der Waals surface area (Å²) in [6, 6.07) is 2.02. The molecule has 14 heavy (non-hydrogen) atoms. The third kappa shape index (κ3) is 2.56. The smallest absolute Gasteiger partial charge is 0.138 e. The first kappa shape index (κ1) is 9.68. The highest BCUT2D eigenvalue weighted by Crippen LogP contribution is 2.04. The number of aryl methyl sites for hydroxylation is 1. The summed E-state index contributed by atoms with van der Waals surface area (Å²) in [7, 11) is 0. The monoisotopic (exact) mass is 195 g/mol. The summed E-state index contributed by atoms with van der Waals surface area (Å²) in [6.07, 6.45) is 0.973. The van der Waals surface area contributed by atoms with Crippen molar-refractivity contribution < 1.29 is 4.52 Å². The van der Waals surface area contributed by atoms with Crippen LogP contribution in [0.4, 0.5) is 0 Å². The second-order valence-electron chi connectivity index (χ2n) is 3.78. The molecule has 1 aliphatic rings. The molecule has 0 spiro atoms. The van der Waals surface area contributed by atoms with Crippen molar-refractivity contribution in [2.75, 3.05) is 32.7 Å². The largest absolute Gasteiger partial charge is 0.361 e. The molecule has 0 amide bonds. The zero-order valence-electron chi connectivity index (χ0n) is 8.62. The van der Waals surface area contributed by atoms with E-state index >= 15 is 0 Å². The Morgan fingerprint density at radius 3 is 2.93 bits per heavy atom. The van der Waals surface area contributed by atoms with Crippen LogP contribution < -0.4 is 5.32 Å². The van der Waals surface area contributed by atoms with Crippen LogP contribution in [0.25, 0.3) is 0 Å². The molecule has 0 aromatic carbocycles. The normalized spacial score (nSPS) is 18.6. The Bertz CT molecular complexity index is 279.